The molecule has 0 saturated carbocycles. The highest BCUT2D eigenvalue weighted by molar-refractivity contribution is 9.10. The molecule has 0 aliphatic heterocycles. The maximum Gasteiger partial charge on any atom is 0.0540 e. The summed E-state index contributed by atoms with van der Waals surface area (Å²) in [5.74, 6) is 0. The third-order valence-corrected chi connectivity index (χ3v) is 2.76. The lowest BCUT2D eigenvalue weighted by Gasteiger charge is -2.06. The molecule has 82 valence electrons. The lowest BCUT2D eigenvalue weighted by molar-refractivity contribution is 1.13. The van der Waals surface area contributed by atoms with E-state index in [0.717, 1.165) is 27.3 Å². The molecule has 0 bridgehead atoms. The second kappa shape index (κ2) is 5.32. The van der Waals surface area contributed by atoms with Gasteiger partial charge in [-0.2, -0.15) is 0 Å². The normalized spacial score (nSPS) is 10.1. The molecule has 0 aliphatic rings. The van der Waals surface area contributed by atoms with Crippen molar-refractivity contribution in [1.82, 2.24) is 4.98 Å². The molecule has 0 amide bonds. The molecule has 2 aromatic rings. The highest BCUT2D eigenvalue weighted by atomic mass is 79.9. The molecule has 4 heteroatoms. The monoisotopic (exact) mass is 296 g/mol. The van der Waals surface area contributed by atoms with Gasteiger partial charge in [0.05, 0.1) is 11.9 Å². The fourth-order valence-corrected chi connectivity index (χ4v) is 1.94. The molecule has 0 saturated heterocycles. The molecule has 16 heavy (non-hydrogen) atoms. The first-order valence-electron chi connectivity index (χ1n) is 4.83. The zero-order valence-corrected chi connectivity index (χ0v) is 10.8. The summed E-state index contributed by atoms with van der Waals surface area (Å²) in [6.07, 6.45) is 3.54. The van der Waals surface area contributed by atoms with Crippen LogP contribution >= 0.6 is 27.5 Å². The molecule has 0 fully saturated rings. The fourth-order valence-electron chi connectivity index (χ4n) is 1.36. The van der Waals surface area contributed by atoms with Gasteiger partial charge in [0, 0.05) is 22.2 Å². The topological polar surface area (TPSA) is 24.9 Å². The predicted octanol–water partition coefficient (Wildman–Crippen LogP) is 4.11. The van der Waals surface area contributed by atoms with Gasteiger partial charge >= 0.3 is 0 Å². The first kappa shape index (κ1) is 11.4. The average molecular weight is 298 g/mol. The van der Waals surface area contributed by atoms with Crippen molar-refractivity contribution in [2.24, 2.45) is 0 Å². The van der Waals surface area contributed by atoms with E-state index in [-0.39, 0.29) is 0 Å². The van der Waals surface area contributed by atoms with Gasteiger partial charge in [0.2, 0.25) is 0 Å². The van der Waals surface area contributed by atoms with Crippen LogP contribution in [-0.4, -0.2) is 4.98 Å². The third kappa shape index (κ3) is 3.22. The van der Waals surface area contributed by atoms with Crippen molar-refractivity contribution in [1.29, 1.82) is 0 Å². The number of nitrogens with one attached hydrogen (secondary N) is 1. The van der Waals surface area contributed by atoms with Gasteiger partial charge in [-0.15, -0.1) is 0 Å². The third-order valence-electron chi connectivity index (χ3n) is 2.09. The van der Waals surface area contributed by atoms with Crippen molar-refractivity contribution in [3.63, 3.8) is 0 Å². The number of halogens is 2. The molecular weight excluding hydrogens is 288 g/mol. The molecule has 0 spiro atoms. The minimum absolute atomic E-state index is 0.735. The van der Waals surface area contributed by atoms with E-state index in [1.54, 1.807) is 12.4 Å². The molecule has 0 aliphatic carbocycles. The smallest absolute Gasteiger partial charge is 0.0540 e. The summed E-state index contributed by atoms with van der Waals surface area (Å²) in [6.45, 7) is 0.735. The summed E-state index contributed by atoms with van der Waals surface area (Å²) in [5.41, 5.74) is 2.13. The van der Waals surface area contributed by atoms with Crippen molar-refractivity contribution >= 4 is 33.2 Å². The van der Waals surface area contributed by atoms with Gasteiger partial charge in [-0.3, -0.25) is 4.98 Å². The van der Waals surface area contributed by atoms with Crippen LogP contribution in [0.4, 0.5) is 5.69 Å². The summed E-state index contributed by atoms with van der Waals surface area (Å²) in [4.78, 5) is 4.08. The van der Waals surface area contributed by atoms with Crippen LogP contribution in [0.3, 0.4) is 0 Å². The Morgan fingerprint density at radius 1 is 1.25 bits per heavy atom. The quantitative estimate of drug-likeness (QED) is 0.922. The number of aromatic nitrogens is 1. The molecule has 0 unspecified atom stereocenters. The number of anilines is 1. The van der Waals surface area contributed by atoms with Gasteiger partial charge in [0.25, 0.3) is 0 Å². The minimum Gasteiger partial charge on any atom is -0.380 e. The van der Waals surface area contributed by atoms with Gasteiger partial charge in [-0.25, -0.2) is 0 Å². The lowest BCUT2D eigenvalue weighted by Crippen LogP contribution is -1.99. The van der Waals surface area contributed by atoms with Crippen LogP contribution in [0.2, 0.25) is 5.02 Å². The second-order valence-corrected chi connectivity index (χ2v) is 4.73. The van der Waals surface area contributed by atoms with Crippen LogP contribution in [0.15, 0.2) is 47.2 Å². The molecule has 1 N–H and O–H groups in total. The predicted molar refractivity (Wildman–Crippen MR) is 70.7 cm³/mol. The van der Waals surface area contributed by atoms with E-state index < -0.39 is 0 Å². The van der Waals surface area contributed by atoms with Crippen LogP contribution in [-0.2, 0) is 6.54 Å². The van der Waals surface area contributed by atoms with Crippen molar-refractivity contribution in [2.75, 3.05) is 5.32 Å². The van der Waals surface area contributed by atoms with E-state index in [4.69, 9.17) is 11.6 Å². The van der Waals surface area contributed by atoms with Gasteiger partial charge in [0.15, 0.2) is 0 Å². The standard InChI is InChI=1S/C12H10BrClN2/c13-10-5-12(8-15-7-10)16-6-9-2-1-3-11(14)4-9/h1-5,7-8,16H,6H2. The number of hydrogen-bond donors (Lipinski definition) is 1. The Balaban J connectivity index is 2.02. The van der Waals surface area contributed by atoms with E-state index in [9.17, 15) is 0 Å². The van der Waals surface area contributed by atoms with Gasteiger partial charge < -0.3 is 5.32 Å². The summed E-state index contributed by atoms with van der Waals surface area (Å²) in [5, 5.41) is 4.03. The average Bonchev–Trinajstić information content (AvgIpc) is 2.27. The van der Waals surface area contributed by atoms with E-state index in [1.807, 2.05) is 30.3 Å². The summed E-state index contributed by atoms with van der Waals surface area (Å²) in [7, 11) is 0. The van der Waals surface area contributed by atoms with E-state index in [0.29, 0.717) is 0 Å². The molecule has 1 aromatic heterocycles. The Bertz CT molecular complexity index is 442. The second-order valence-electron chi connectivity index (χ2n) is 3.38. The zero-order chi connectivity index (χ0) is 11.4. The van der Waals surface area contributed by atoms with E-state index in [2.05, 4.69) is 26.2 Å². The Morgan fingerprint density at radius 3 is 2.88 bits per heavy atom. The maximum atomic E-state index is 5.90. The maximum absolute atomic E-state index is 5.90. The minimum atomic E-state index is 0.735. The zero-order valence-electron chi connectivity index (χ0n) is 8.45. The van der Waals surface area contributed by atoms with Gasteiger partial charge in [-0.05, 0) is 39.7 Å². The summed E-state index contributed by atoms with van der Waals surface area (Å²) < 4.78 is 0.962. The lowest BCUT2D eigenvalue weighted by atomic mass is 10.2. The van der Waals surface area contributed by atoms with Crippen molar-refractivity contribution < 1.29 is 0 Å². The molecule has 1 heterocycles. The van der Waals surface area contributed by atoms with E-state index in [1.165, 1.54) is 0 Å². The van der Waals surface area contributed by atoms with Crippen LogP contribution < -0.4 is 5.32 Å². The van der Waals surface area contributed by atoms with Gasteiger partial charge in [0.1, 0.15) is 0 Å². The first-order chi connectivity index (χ1) is 7.74. The Labute approximate surface area is 108 Å². The Kier molecular flexibility index (Phi) is 3.80. The molecule has 2 rings (SSSR count). The number of rotatable bonds is 3. The number of hydrogen-bond acceptors (Lipinski definition) is 2. The first-order valence-corrected chi connectivity index (χ1v) is 6.00. The van der Waals surface area contributed by atoms with Crippen LogP contribution in [0.1, 0.15) is 5.56 Å². The number of pyridine rings is 1. The largest absolute Gasteiger partial charge is 0.380 e. The van der Waals surface area contributed by atoms with Crippen molar-refractivity contribution in [3.05, 3.63) is 57.8 Å². The fraction of sp³-hybridized carbons (Fsp3) is 0.0833. The highest BCUT2D eigenvalue weighted by Crippen LogP contribution is 2.16. The molecule has 2 nitrogen and oxygen atoms in total. The van der Waals surface area contributed by atoms with E-state index >= 15 is 0 Å². The van der Waals surface area contributed by atoms with Gasteiger partial charge in [-0.1, -0.05) is 23.7 Å². The van der Waals surface area contributed by atoms with Crippen molar-refractivity contribution in [2.45, 2.75) is 6.54 Å². The Hall–Kier alpha value is -1.06. The SMILES string of the molecule is Clc1cccc(CNc2cncc(Br)c2)c1. The molecular formula is C12H10BrClN2. The molecule has 0 atom stereocenters. The number of benzene rings is 1. The summed E-state index contributed by atoms with van der Waals surface area (Å²) in [6, 6.07) is 9.77. The Morgan fingerprint density at radius 2 is 2.12 bits per heavy atom. The number of nitrogens with zero attached hydrogens (tertiary/aromatic N) is 1. The van der Waals surface area contributed by atoms with Crippen LogP contribution in [0.25, 0.3) is 0 Å². The summed E-state index contributed by atoms with van der Waals surface area (Å²) >= 11 is 9.28. The molecule has 1 aromatic carbocycles. The van der Waals surface area contributed by atoms with Crippen LogP contribution in [0.5, 0.6) is 0 Å². The molecule has 0 radical (unpaired) electrons. The van der Waals surface area contributed by atoms with Crippen LogP contribution in [0, 0.1) is 0 Å². The highest BCUT2D eigenvalue weighted by Gasteiger charge is 1.96. The van der Waals surface area contributed by atoms with Crippen molar-refractivity contribution in [3.8, 4) is 0 Å².